The summed E-state index contributed by atoms with van der Waals surface area (Å²) >= 11 is 0. The van der Waals surface area contributed by atoms with Crippen LogP contribution in [0.3, 0.4) is 0 Å². The summed E-state index contributed by atoms with van der Waals surface area (Å²) in [5.74, 6) is 1.98. The van der Waals surface area contributed by atoms with E-state index < -0.39 is 0 Å². The first-order valence-electron chi connectivity index (χ1n) is 6.33. The lowest BCUT2D eigenvalue weighted by Gasteiger charge is -2.32. The third-order valence-electron chi connectivity index (χ3n) is 3.87. The van der Waals surface area contributed by atoms with Crippen molar-refractivity contribution in [1.82, 2.24) is 0 Å². The Kier molecular flexibility index (Phi) is 4.94. The minimum absolute atomic E-state index is 0.0394. The van der Waals surface area contributed by atoms with Crippen LogP contribution in [0.4, 0.5) is 0 Å². The molecule has 1 aliphatic carbocycles. The van der Waals surface area contributed by atoms with Gasteiger partial charge in [-0.1, -0.05) is 40.0 Å². The van der Waals surface area contributed by atoms with E-state index in [9.17, 15) is 5.11 Å². The SMILES string of the molecule is CCCC(C)C(O)C1CCC(C)CC1. The Hall–Kier alpha value is -0.0400. The number of aliphatic hydroxyl groups is 1. The smallest absolute Gasteiger partial charge is 0.0593 e. The maximum absolute atomic E-state index is 10.2. The minimum atomic E-state index is -0.0394. The Balaban J connectivity index is 2.33. The van der Waals surface area contributed by atoms with E-state index in [1.54, 1.807) is 0 Å². The first-order valence-corrected chi connectivity index (χ1v) is 6.33. The van der Waals surface area contributed by atoms with E-state index in [1.165, 1.54) is 38.5 Å². The minimum Gasteiger partial charge on any atom is -0.393 e. The fraction of sp³-hybridized carbons (Fsp3) is 1.00. The Morgan fingerprint density at radius 1 is 1.21 bits per heavy atom. The quantitative estimate of drug-likeness (QED) is 0.731. The van der Waals surface area contributed by atoms with E-state index in [1.807, 2.05) is 0 Å². The van der Waals surface area contributed by atoms with Gasteiger partial charge in [-0.25, -0.2) is 0 Å². The molecule has 1 rings (SSSR count). The second kappa shape index (κ2) is 5.75. The highest BCUT2D eigenvalue weighted by atomic mass is 16.3. The van der Waals surface area contributed by atoms with Crippen molar-refractivity contribution in [2.75, 3.05) is 0 Å². The first kappa shape index (κ1) is 12.0. The lowest BCUT2D eigenvalue weighted by molar-refractivity contribution is 0.0302. The summed E-state index contributed by atoms with van der Waals surface area (Å²) in [6.07, 6.45) is 7.46. The maximum atomic E-state index is 10.2. The molecule has 1 nitrogen and oxygen atoms in total. The standard InChI is InChI=1S/C13H26O/c1-4-5-11(3)13(14)12-8-6-10(2)7-9-12/h10-14H,4-9H2,1-3H3. The second-order valence-corrected chi connectivity index (χ2v) is 5.28. The van der Waals surface area contributed by atoms with Gasteiger partial charge < -0.3 is 5.11 Å². The third kappa shape index (κ3) is 3.27. The Labute approximate surface area is 88.9 Å². The van der Waals surface area contributed by atoms with Crippen LogP contribution in [0.15, 0.2) is 0 Å². The van der Waals surface area contributed by atoms with E-state index >= 15 is 0 Å². The molecule has 0 heterocycles. The molecule has 1 saturated carbocycles. The zero-order chi connectivity index (χ0) is 10.6. The van der Waals surface area contributed by atoms with Crippen LogP contribution in [-0.2, 0) is 0 Å². The molecule has 0 aromatic carbocycles. The summed E-state index contributed by atoms with van der Waals surface area (Å²) in [6, 6.07) is 0. The molecule has 0 aromatic rings. The van der Waals surface area contributed by atoms with Gasteiger partial charge in [0, 0.05) is 0 Å². The molecule has 84 valence electrons. The van der Waals surface area contributed by atoms with Crippen molar-refractivity contribution in [2.45, 2.75) is 65.4 Å². The molecule has 0 amide bonds. The Bertz CT molecular complexity index is 147. The van der Waals surface area contributed by atoms with Crippen LogP contribution in [0, 0.1) is 17.8 Å². The topological polar surface area (TPSA) is 20.2 Å². The zero-order valence-electron chi connectivity index (χ0n) is 10.00. The normalized spacial score (nSPS) is 32.6. The van der Waals surface area contributed by atoms with Crippen molar-refractivity contribution < 1.29 is 5.11 Å². The lowest BCUT2D eigenvalue weighted by Crippen LogP contribution is -2.30. The molecule has 1 N–H and O–H groups in total. The monoisotopic (exact) mass is 198 g/mol. The van der Waals surface area contributed by atoms with Gasteiger partial charge in [-0.15, -0.1) is 0 Å². The highest BCUT2D eigenvalue weighted by Crippen LogP contribution is 2.33. The van der Waals surface area contributed by atoms with Crippen molar-refractivity contribution in [3.05, 3.63) is 0 Å². The van der Waals surface area contributed by atoms with E-state index in [0.717, 1.165) is 5.92 Å². The number of hydrogen-bond donors (Lipinski definition) is 1. The van der Waals surface area contributed by atoms with Gasteiger partial charge in [0.1, 0.15) is 0 Å². The molecule has 0 saturated heterocycles. The summed E-state index contributed by atoms with van der Waals surface area (Å²) in [6.45, 7) is 6.73. The van der Waals surface area contributed by atoms with E-state index in [4.69, 9.17) is 0 Å². The fourth-order valence-electron chi connectivity index (χ4n) is 2.72. The van der Waals surface area contributed by atoms with E-state index in [0.29, 0.717) is 11.8 Å². The second-order valence-electron chi connectivity index (χ2n) is 5.28. The van der Waals surface area contributed by atoms with Gasteiger partial charge in [0.05, 0.1) is 6.10 Å². The van der Waals surface area contributed by atoms with Gasteiger partial charge in [-0.3, -0.25) is 0 Å². The van der Waals surface area contributed by atoms with Crippen molar-refractivity contribution in [2.24, 2.45) is 17.8 Å². The summed E-state index contributed by atoms with van der Waals surface area (Å²) < 4.78 is 0. The van der Waals surface area contributed by atoms with Gasteiger partial charge in [0.25, 0.3) is 0 Å². The Morgan fingerprint density at radius 2 is 1.79 bits per heavy atom. The van der Waals surface area contributed by atoms with Gasteiger partial charge in [-0.05, 0) is 37.0 Å². The third-order valence-corrected chi connectivity index (χ3v) is 3.87. The van der Waals surface area contributed by atoms with E-state index in [-0.39, 0.29) is 6.10 Å². The predicted molar refractivity (Wildman–Crippen MR) is 61.2 cm³/mol. The van der Waals surface area contributed by atoms with Gasteiger partial charge in [-0.2, -0.15) is 0 Å². The van der Waals surface area contributed by atoms with Crippen LogP contribution in [0.25, 0.3) is 0 Å². The van der Waals surface area contributed by atoms with Crippen molar-refractivity contribution in [3.63, 3.8) is 0 Å². The molecule has 1 aliphatic rings. The largest absolute Gasteiger partial charge is 0.393 e. The van der Waals surface area contributed by atoms with Crippen molar-refractivity contribution >= 4 is 0 Å². The average molecular weight is 198 g/mol. The van der Waals surface area contributed by atoms with Gasteiger partial charge >= 0.3 is 0 Å². The molecule has 1 heteroatoms. The molecule has 0 radical (unpaired) electrons. The summed E-state index contributed by atoms with van der Waals surface area (Å²) in [5.41, 5.74) is 0. The van der Waals surface area contributed by atoms with Crippen LogP contribution in [0.2, 0.25) is 0 Å². The highest BCUT2D eigenvalue weighted by molar-refractivity contribution is 4.78. The molecular weight excluding hydrogens is 172 g/mol. The Morgan fingerprint density at radius 3 is 2.29 bits per heavy atom. The molecule has 0 spiro atoms. The van der Waals surface area contributed by atoms with Crippen LogP contribution < -0.4 is 0 Å². The first-order chi connectivity index (χ1) is 6.65. The highest BCUT2D eigenvalue weighted by Gasteiger charge is 2.27. The molecule has 0 bridgehead atoms. The number of hydrogen-bond acceptors (Lipinski definition) is 1. The number of rotatable bonds is 4. The molecular formula is C13H26O. The van der Waals surface area contributed by atoms with Crippen LogP contribution >= 0.6 is 0 Å². The van der Waals surface area contributed by atoms with Crippen LogP contribution in [0.1, 0.15) is 59.3 Å². The van der Waals surface area contributed by atoms with Crippen LogP contribution in [-0.4, -0.2) is 11.2 Å². The molecule has 0 aliphatic heterocycles. The molecule has 1 fully saturated rings. The number of aliphatic hydroxyl groups excluding tert-OH is 1. The summed E-state index contributed by atoms with van der Waals surface area (Å²) in [5, 5.41) is 10.2. The molecule has 2 unspecified atom stereocenters. The zero-order valence-corrected chi connectivity index (χ0v) is 10.00. The summed E-state index contributed by atoms with van der Waals surface area (Å²) in [4.78, 5) is 0. The summed E-state index contributed by atoms with van der Waals surface area (Å²) in [7, 11) is 0. The van der Waals surface area contributed by atoms with Crippen molar-refractivity contribution in [3.8, 4) is 0 Å². The van der Waals surface area contributed by atoms with E-state index in [2.05, 4.69) is 20.8 Å². The van der Waals surface area contributed by atoms with Crippen molar-refractivity contribution in [1.29, 1.82) is 0 Å². The van der Waals surface area contributed by atoms with Crippen LogP contribution in [0.5, 0.6) is 0 Å². The molecule has 0 aromatic heterocycles. The maximum Gasteiger partial charge on any atom is 0.0593 e. The molecule has 2 atom stereocenters. The average Bonchev–Trinajstić information content (AvgIpc) is 2.18. The lowest BCUT2D eigenvalue weighted by atomic mass is 9.76. The van der Waals surface area contributed by atoms with Gasteiger partial charge in [0.15, 0.2) is 0 Å². The molecule has 14 heavy (non-hydrogen) atoms. The predicted octanol–water partition coefficient (Wildman–Crippen LogP) is 3.61. The van der Waals surface area contributed by atoms with Gasteiger partial charge in [0.2, 0.25) is 0 Å². The fourth-order valence-corrected chi connectivity index (χ4v) is 2.72.